The van der Waals surface area contributed by atoms with E-state index < -0.39 is 0 Å². The van der Waals surface area contributed by atoms with Crippen LogP contribution in [0.25, 0.3) is 11.1 Å². The van der Waals surface area contributed by atoms with Gasteiger partial charge >= 0.3 is 0 Å². The lowest BCUT2D eigenvalue weighted by Gasteiger charge is -2.40. The summed E-state index contributed by atoms with van der Waals surface area (Å²) in [5.41, 5.74) is 7.19. The highest BCUT2D eigenvalue weighted by molar-refractivity contribution is 5.75. The van der Waals surface area contributed by atoms with E-state index in [4.69, 9.17) is 4.84 Å². The fourth-order valence-electron chi connectivity index (χ4n) is 3.58. The van der Waals surface area contributed by atoms with Crippen molar-refractivity contribution in [2.24, 2.45) is 0 Å². The lowest BCUT2D eigenvalue weighted by atomic mass is 9.78. The van der Waals surface area contributed by atoms with Crippen LogP contribution < -0.4 is 0 Å². The Morgan fingerprint density at radius 1 is 1.00 bits per heavy atom. The maximum absolute atomic E-state index is 5.59. The van der Waals surface area contributed by atoms with Crippen molar-refractivity contribution in [3.63, 3.8) is 0 Å². The van der Waals surface area contributed by atoms with Gasteiger partial charge in [-0.15, -0.1) is 0 Å². The SMILES string of the molecule is CON1CCc2cccc3c2[C@H]1Cc1ccccc1-3. The maximum Gasteiger partial charge on any atom is 0.0651 e. The van der Waals surface area contributed by atoms with Crippen molar-refractivity contribution >= 4 is 0 Å². The summed E-state index contributed by atoms with van der Waals surface area (Å²) in [6.07, 6.45) is 2.13. The standard InChI is InChI=1S/C17H17NO/c1-19-18-10-9-12-6-4-8-15-14-7-3-2-5-13(14)11-16(18)17(12)15/h2-8,16H,9-11H2,1H3/t16-/m1/s1. The van der Waals surface area contributed by atoms with Crippen LogP contribution in [-0.4, -0.2) is 18.7 Å². The van der Waals surface area contributed by atoms with Crippen LogP contribution >= 0.6 is 0 Å². The van der Waals surface area contributed by atoms with Crippen molar-refractivity contribution in [2.45, 2.75) is 18.9 Å². The molecule has 19 heavy (non-hydrogen) atoms. The third-order valence-electron chi connectivity index (χ3n) is 4.43. The van der Waals surface area contributed by atoms with Gasteiger partial charge in [0.1, 0.15) is 0 Å². The van der Waals surface area contributed by atoms with Gasteiger partial charge in [-0.05, 0) is 40.7 Å². The molecule has 96 valence electrons. The van der Waals surface area contributed by atoms with E-state index in [1.807, 2.05) is 0 Å². The molecule has 0 saturated heterocycles. The summed E-state index contributed by atoms with van der Waals surface area (Å²) in [6, 6.07) is 15.8. The molecule has 0 N–H and O–H groups in total. The van der Waals surface area contributed by atoms with E-state index in [1.54, 1.807) is 7.11 Å². The van der Waals surface area contributed by atoms with Gasteiger partial charge < -0.3 is 4.84 Å². The van der Waals surface area contributed by atoms with Crippen molar-refractivity contribution in [2.75, 3.05) is 13.7 Å². The molecular weight excluding hydrogens is 234 g/mol. The van der Waals surface area contributed by atoms with E-state index >= 15 is 0 Å². The second-order valence-electron chi connectivity index (χ2n) is 5.33. The molecule has 1 aliphatic carbocycles. The molecule has 1 heterocycles. The maximum atomic E-state index is 5.59. The van der Waals surface area contributed by atoms with Crippen LogP contribution in [0.4, 0.5) is 0 Å². The Hall–Kier alpha value is -1.64. The molecular formula is C17H17NO. The van der Waals surface area contributed by atoms with E-state index in [0.29, 0.717) is 6.04 Å². The van der Waals surface area contributed by atoms with E-state index in [1.165, 1.54) is 27.8 Å². The molecule has 0 fully saturated rings. The van der Waals surface area contributed by atoms with E-state index in [0.717, 1.165) is 19.4 Å². The fraction of sp³-hybridized carbons (Fsp3) is 0.294. The quantitative estimate of drug-likeness (QED) is 0.770. The first-order valence-corrected chi connectivity index (χ1v) is 6.89. The van der Waals surface area contributed by atoms with Gasteiger partial charge in [-0.3, -0.25) is 0 Å². The van der Waals surface area contributed by atoms with Crippen LogP contribution in [0.5, 0.6) is 0 Å². The zero-order valence-electron chi connectivity index (χ0n) is 11.1. The summed E-state index contributed by atoms with van der Waals surface area (Å²) in [4.78, 5) is 5.59. The molecule has 4 rings (SSSR count). The monoisotopic (exact) mass is 251 g/mol. The van der Waals surface area contributed by atoms with Crippen LogP contribution in [0.1, 0.15) is 22.7 Å². The van der Waals surface area contributed by atoms with Gasteiger partial charge in [0.2, 0.25) is 0 Å². The third-order valence-corrected chi connectivity index (χ3v) is 4.43. The molecule has 0 spiro atoms. The van der Waals surface area contributed by atoms with Gasteiger partial charge in [0.05, 0.1) is 13.2 Å². The largest absolute Gasteiger partial charge is 0.302 e. The lowest BCUT2D eigenvalue weighted by molar-refractivity contribution is -0.167. The number of hydroxylamine groups is 2. The van der Waals surface area contributed by atoms with E-state index in [9.17, 15) is 0 Å². The second-order valence-corrected chi connectivity index (χ2v) is 5.33. The Labute approximate surface area is 113 Å². The molecule has 0 aromatic heterocycles. The molecule has 2 nitrogen and oxygen atoms in total. The van der Waals surface area contributed by atoms with Gasteiger partial charge in [-0.1, -0.05) is 42.5 Å². The van der Waals surface area contributed by atoms with Crippen molar-refractivity contribution in [1.82, 2.24) is 5.06 Å². The van der Waals surface area contributed by atoms with Crippen molar-refractivity contribution in [3.8, 4) is 11.1 Å². The summed E-state index contributed by atoms with van der Waals surface area (Å²) < 4.78 is 0. The number of rotatable bonds is 1. The molecule has 1 atom stereocenters. The number of hydrogen-bond donors (Lipinski definition) is 0. The van der Waals surface area contributed by atoms with Gasteiger partial charge in [0.15, 0.2) is 0 Å². The topological polar surface area (TPSA) is 12.5 Å². The van der Waals surface area contributed by atoms with E-state index in [2.05, 4.69) is 47.5 Å². The van der Waals surface area contributed by atoms with Crippen LogP contribution in [0.15, 0.2) is 42.5 Å². The highest BCUT2D eigenvalue weighted by Crippen LogP contribution is 2.44. The molecule has 0 unspecified atom stereocenters. The Morgan fingerprint density at radius 2 is 1.79 bits per heavy atom. The molecule has 2 aromatic carbocycles. The van der Waals surface area contributed by atoms with E-state index in [-0.39, 0.29) is 0 Å². The number of benzene rings is 2. The first kappa shape index (κ1) is 11.2. The minimum absolute atomic E-state index is 0.375. The van der Waals surface area contributed by atoms with Gasteiger partial charge in [-0.2, -0.15) is 5.06 Å². The normalized spacial score (nSPS) is 20.8. The predicted molar refractivity (Wildman–Crippen MR) is 75.7 cm³/mol. The molecule has 1 aliphatic heterocycles. The lowest BCUT2D eigenvalue weighted by Crippen LogP contribution is -2.37. The summed E-state index contributed by atoms with van der Waals surface area (Å²) >= 11 is 0. The fourth-order valence-corrected chi connectivity index (χ4v) is 3.58. The Bertz CT molecular complexity index is 635. The van der Waals surface area contributed by atoms with Gasteiger partial charge in [0, 0.05) is 6.54 Å². The minimum atomic E-state index is 0.375. The summed E-state index contributed by atoms with van der Waals surface area (Å²) in [5, 5.41) is 2.14. The number of fused-ring (bicyclic) bond motifs is 2. The molecule has 0 amide bonds. The zero-order valence-corrected chi connectivity index (χ0v) is 11.1. The smallest absolute Gasteiger partial charge is 0.0651 e. The van der Waals surface area contributed by atoms with Gasteiger partial charge in [-0.25, -0.2) is 0 Å². The second kappa shape index (κ2) is 4.19. The Morgan fingerprint density at radius 3 is 2.68 bits per heavy atom. The predicted octanol–water partition coefficient (Wildman–Crippen LogP) is 3.37. The Kier molecular flexibility index (Phi) is 2.47. The molecule has 0 radical (unpaired) electrons. The first-order valence-electron chi connectivity index (χ1n) is 6.89. The van der Waals surface area contributed by atoms with Crippen LogP contribution in [0, 0.1) is 0 Å². The molecule has 2 aromatic rings. The number of nitrogens with zero attached hydrogens (tertiary/aromatic N) is 1. The first-order chi connectivity index (χ1) is 9.38. The van der Waals surface area contributed by atoms with Crippen molar-refractivity contribution in [1.29, 1.82) is 0 Å². The third kappa shape index (κ3) is 1.57. The molecule has 0 saturated carbocycles. The highest BCUT2D eigenvalue weighted by Gasteiger charge is 2.34. The molecule has 2 heteroatoms. The summed E-state index contributed by atoms with van der Waals surface area (Å²) in [7, 11) is 1.79. The average molecular weight is 251 g/mol. The average Bonchev–Trinajstić information content (AvgIpc) is 2.48. The minimum Gasteiger partial charge on any atom is -0.302 e. The molecule has 2 aliphatic rings. The van der Waals surface area contributed by atoms with Gasteiger partial charge in [0.25, 0.3) is 0 Å². The molecule has 0 bridgehead atoms. The van der Waals surface area contributed by atoms with Crippen molar-refractivity contribution < 1.29 is 4.84 Å². The summed E-state index contributed by atoms with van der Waals surface area (Å²) in [6.45, 7) is 0.986. The Balaban J connectivity index is 1.98. The highest BCUT2D eigenvalue weighted by atomic mass is 16.7. The number of hydrogen-bond acceptors (Lipinski definition) is 2. The summed E-state index contributed by atoms with van der Waals surface area (Å²) in [5.74, 6) is 0. The van der Waals surface area contributed by atoms with Crippen LogP contribution in [0.2, 0.25) is 0 Å². The van der Waals surface area contributed by atoms with Crippen molar-refractivity contribution in [3.05, 3.63) is 59.2 Å². The van der Waals surface area contributed by atoms with Crippen LogP contribution in [0.3, 0.4) is 0 Å². The zero-order chi connectivity index (χ0) is 12.8. The van der Waals surface area contributed by atoms with Crippen LogP contribution in [-0.2, 0) is 17.7 Å².